The summed E-state index contributed by atoms with van der Waals surface area (Å²) in [5, 5.41) is 0. The van der Waals surface area contributed by atoms with Gasteiger partial charge in [-0.1, -0.05) is 28.1 Å². The Morgan fingerprint density at radius 3 is 2.44 bits per heavy atom. The van der Waals surface area contributed by atoms with E-state index in [0.717, 1.165) is 4.47 Å². The lowest BCUT2D eigenvalue weighted by Crippen LogP contribution is -2.03. The van der Waals surface area contributed by atoms with Crippen molar-refractivity contribution < 1.29 is 9.18 Å². The molecule has 92 valence electrons. The minimum absolute atomic E-state index is 0.201. The first-order chi connectivity index (χ1) is 8.49. The molecule has 2 aromatic rings. The number of hydrogen-bond acceptors (Lipinski definition) is 1. The first-order valence-electron chi connectivity index (χ1n) is 5.25. The summed E-state index contributed by atoms with van der Waals surface area (Å²) < 4.78 is 15.0. The van der Waals surface area contributed by atoms with Crippen molar-refractivity contribution in [2.24, 2.45) is 0 Å². The molecule has 2 rings (SSSR count). The first-order valence-corrected chi connectivity index (χ1v) is 6.83. The second-order valence-electron chi connectivity index (χ2n) is 3.92. The van der Waals surface area contributed by atoms with E-state index in [-0.39, 0.29) is 11.6 Å². The van der Waals surface area contributed by atoms with E-state index in [4.69, 9.17) is 0 Å². The zero-order valence-corrected chi connectivity index (χ0v) is 12.7. The van der Waals surface area contributed by atoms with Gasteiger partial charge in [0.15, 0.2) is 5.78 Å². The van der Waals surface area contributed by atoms with Gasteiger partial charge in [-0.15, -0.1) is 0 Å². The van der Waals surface area contributed by atoms with Gasteiger partial charge >= 0.3 is 0 Å². The average Bonchev–Trinajstić information content (AvgIpc) is 2.32. The van der Waals surface area contributed by atoms with E-state index >= 15 is 0 Å². The van der Waals surface area contributed by atoms with Crippen molar-refractivity contribution in [1.29, 1.82) is 0 Å². The van der Waals surface area contributed by atoms with Gasteiger partial charge in [-0.3, -0.25) is 4.79 Å². The number of carbonyl (C=O) groups is 1. The van der Waals surface area contributed by atoms with Gasteiger partial charge in [0.25, 0.3) is 0 Å². The lowest BCUT2D eigenvalue weighted by molar-refractivity contribution is 0.103. The van der Waals surface area contributed by atoms with Gasteiger partial charge in [-0.25, -0.2) is 4.39 Å². The maximum absolute atomic E-state index is 13.4. The highest BCUT2D eigenvalue weighted by atomic mass is 79.9. The molecule has 0 atom stereocenters. The number of halogens is 3. The maximum atomic E-state index is 13.4. The molecule has 0 saturated heterocycles. The molecule has 0 fully saturated rings. The van der Waals surface area contributed by atoms with Crippen LogP contribution in [0.5, 0.6) is 0 Å². The number of ketones is 1. The highest BCUT2D eigenvalue weighted by Crippen LogP contribution is 2.24. The van der Waals surface area contributed by atoms with Crippen molar-refractivity contribution in [3.05, 3.63) is 67.9 Å². The summed E-state index contributed by atoms with van der Waals surface area (Å²) >= 11 is 6.65. The summed E-state index contributed by atoms with van der Waals surface area (Å²) in [5.74, 6) is -0.567. The molecule has 0 amide bonds. The lowest BCUT2D eigenvalue weighted by atomic mass is 10.0. The van der Waals surface area contributed by atoms with Crippen LogP contribution >= 0.6 is 31.9 Å². The zero-order chi connectivity index (χ0) is 13.3. The summed E-state index contributed by atoms with van der Waals surface area (Å²) in [6, 6.07) is 9.78. The third-order valence-electron chi connectivity index (χ3n) is 2.61. The van der Waals surface area contributed by atoms with Crippen molar-refractivity contribution in [1.82, 2.24) is 0 Å². The second-order valence-corrected chi connectivity index (χ2v) is 5.69. The van der Waals surface area contributed by atoms with Gasteiger partial charge in [0, 0.05) is 20.1 Å². The molecule has 0 N–H and O–H groups in total. The van der Waals surface area contributed by atoms with Gasteiger partial charge in [-0.2, -0.15) is 0 Å². The van der Waals surface area contributed by atoms with Crippen LogP contribution in [0.15, 0.2) is 45.3 Å². The number of benzene rings is 2. The standard InChI is InChI=1S/C14H9Br2FO/c1-8-2-3-9(6-13(8)17)14(18)11-5-4-10(15)7-12(11)16/h2-7H,1H3. The summed E-state index contributed by atoms with van der Waals surface area (Å²) in [5.41, 5.74) is 1.39. The van der Waals surface area contributed by atoms with Gasteiger partial charge in [0.05, 0.1) is 0 Å². The molecule has 0 unspecified atom stereocenters. The Labute approximate surface area is 121 Å². The van der Waals surface area contributed by atoms with Crippen LogP contribution < -0.4 is 0 Å². The molecule has 4 heteroatoms. The smallest absolute Gasteiger partial charge is 0.194 e. The average molecular weight is 372 g/mol. The summed E-state index contributed by atoms with van der Waals surface area (Å²) in [6.45, 7) is 1.67. The van der Waals surface area contributed by atoms with Crippen molar-refractivity contribution >= 4 is 37.6 Å². The Balaban J connectivity index is 2.44. The van der Waals surface area contributed by atoms with E-state index in [9.17, 15) is 9.18 Å². The van der Waals surface area contributed by atoms with E-state index in [2.05, 4.69) is 31.9 Å². The van der Waals surface area contributed by atoms with Crippen LogP contribution in [0.25, 0.3) is 0 Å². The molecule has 0 aliphatic heterocycles. The highest BCUT2D eigenvalue weighted by Gasteiger charge is 2.14. The molecule has 0 saturated carbocycles. The fraction of sp³-hybridized carbons (Fsp3) is 0.0714. The largest absolute Gasteiger partial charge is 0.289 e. The molecular weight excluding hydrogens is 363 g/mol. The summed E-state index contributed by atoms with van der Waals surface area (Å²) in [4.78, 5) is 12.2. The minimum atomic E-state index is -0.367. The quantitative estimate of drug-likeness (QED) is 0.687. The van der Waals surface area contributed by atoms with Crippen molar-refractivity contribution in [3.8, 4) is 0 Å². The highest BCUT2D eigenvalue weighted by molar-refractivity contribution is 9.11. The van der Waals surface area contributed by atoms with E-state index in [1.807, 2.05) is 0 Å². The molecule has 0 aromatic heterocycles. The Bertz CT molecular complexity index is 623. The number of carbonyl (C=O) groups excluding carboxylic acids is 1. The van der Waals surface area contributed by atoms with Gasteiger partial charge < -0.3 is 0 Å². The molecule has 0 heterocycles. The Morgan fingerprint density at radius 1 is 1.11 bits per heavy atom. The van der Waals surface area contributed by atoms with Crippen LogP contribution in [0, 0.1) is 12.7 Å². The monoisotopic (exact) mass is 370 g/mol. The van der Waals surface area contributed by atoms with Gasteiger partial charge in [-0.05, 0) is 52.7 Å². The third kappa shape index (κ3) is 2.70. The molecular formula is C14H9Br2FO. The molecule has 18 heavy (non-hydrogen) atoms. The van der Waals surface area contributed by atoms with E-state index < -0.39 is 0 Å². The van der Waals surface area contributed by atoms with Gasteiger partial charge in [0.1, 0.15) is 5.82 Å². The van der Waals surface area contributed by atoms with Crippen LogP contribution in [0.2, 0.25) is 0 Å². The van der Waals surface area contributed by atoms with Crippen LogP contribution in [0.3, 0.4) is 0 Å². The van der Waals surface area contributed by atoms with E-state index in [0.29, 0.717) is 21.2 Å². The fourth-order valence-corrected chi connectivity index (χ4v) is 2.79. The third-order valence-corrected chi connectivity index (χ3v) is 3.76. The van der Waals surface area contributed by atoms with Crippen molar-refractivity contribution in [2.45, 2.75) is 6.92 Å². The van der Waals surface area contributed by atoms with E-state index in [1.165, 1.54) is 6.07 Å². The van der Waals surface area contributed by atoms with Crippen molar-refractivity contribution in [2.75, 3.05) is 0 Å². The van der Waals surface area contributed by atoms with Crippen LogP contribution in [0.1, 0.15) is 21.5 Å². The SMILES string of the molecule is Cc1ccc(C(=O)c2ccc(Br)cc2Br)cc1F. The molecule has 1 nitrogen and oxygen atoms in total. The molecule has 0 spiro atoms. The Kier molecular flexibility index (Phi) is 3.97. The lowest BCUT2D eigenvalue weighted by Gasteiger charge is -2.05. The van der Waals surface area contributed by atoms with E-state index in [1.54, 1.807) is 37.3 Å². The molecule has 0 radical (unpaired) electrons. The Morgan fingerprint density at radius 2 is 1.83 bits per heavy atom. The number of hydrogen-bond donors (Lipinski definition) is 0. The second kappa shape index (κ2) is 5.33. The number of aryl methyl sites for hydroxylation is 1. The predicted octanol–water partition coefficient (Wildman–Crippen LogP) is 4.89. The zero-order valence-electron chi connectivity index (χ0n) is 9.51. The van der Waals surface area contributed by atoms with Crippen LogP contribution in [-0.2, 0) is 0 Å². The molecule has 0 aliphatic carbocycles. The molecule has 0 bridgehead atoms. The van der Waals surface area contributed by atoms with Crippen molar-refractivity contribution in [3.63, 3.8) is 0 Å². The van der Waals surface area contributed by atoms with Crippen LogP contribution in [0.4, 0.5) is 4.39 Å². The fourth-order valence-electron chi connectivity index (χ4n) is 1.56. The van der Waals surface area contributed by atoms with Gasteiger partial charge in [0.2, 0.25) is 0 Å². The summed E-state index contributed by atoms with van der Waals surface area (Å²) in [7, 11) is 0. The molecule has 2 aromatic carbocycles. The topological polar surface area (TPSA) is 17.1 Å². The maximum Gasteiger partial charge on any atom is 0.194 e. The minimum Gasteiger partial charge on any atom is -0.289 e. The number of rotatable bonds is 2. The predicted molar refractivity (Wildman–Crippen MR) is 76.4 cm³/mol. The Hall–Kier alpha value is -1.00. The normalized spacial score (nSPS) is 10.4. The summed E-state index contributed by atoms with van der Waals surface area (Å²) in [6.07, 6.45) is 0. The van der Waals surface area contributed by atoms with Crippen LogP contribution in [-0.4, -0.2) is 5.78 Å². The molecule has 0 aliphatic rings. The first kappa shape index (κ1) is 13.4.